The zero-order valence-electron chi connectivity index (χ0n) is 14.5. The van der Waals surface area contributed by atoms with Gasteiger partial charge in [-0.15, -0.1) is 0 Å². The summed E-state index contributed by atoms with van der Waals surface area (Å²) in [6.07, 6.45) is 1.72. The second kappa shape index (κ2) is 7.77. The molecule has 1 aliphatic heterocycles. The van der Waals surface area contributed by atoms with Gasteiger partial charge in [-0.1, -0.05) is 35.3 Å². The number of rotatable bonds is 4. The van der Waals surface area contributed by atoms with Crippen LogP contribution in [0.2, 0.25) is 10.0 Å². The lowest BCUT2D eigenvalue weighted by molar-refractivity contribution is -0.136. The summed E-state index contributed by atoms with van der Waals surface area (Å²) in [6.45, 7) is 7.76. The normalized spacial score (nSPS) is 16.9. The Kier molecular flexibility index (Phi) is 5.67. The molecule has 0 spiro atoms. The number of carbonyl (C=O) groups excluding carboxylic acids is 1. The number of aromatic nitrogens is 2. The first-order chi connectivity index (χ1) is 11.9. The van der Waals surface area contributed by atoms with E-state index >= 15 is 0 Å². The lowest BCUT2D eigenvalue weighted by Gasteiger charge is -2.36. The van der Waals surface area contributed by atoms with E-state index in [9.17, 15) is 4.79 Å². The topological polar surface area (TPSA) is 41.4 Å². The maximum absolute atomic E-state index is 12.7. The van der Waals surface area contributed by atoms with Crippen molar-refractivity contribution in [3.05, 3.63) is 51.8 Å². The van der Waals surface area contributed by atoms with Crippen LogP contribution in [0.5, 0.6) is 0 Å². The van der Waals surface area contributed by atoms with Gasteiger partial charge in [-0.05, 0) is 31.5 Å². The first kappa shape index (κ1) is 18.2. The summed E-state index contributed by atoms with van der Waals surface area (Å²) in [5.41, 5.74) is 1.98. The molecule has 1 aromatic carbocycles. The SMILES string of the molecule is Cc1nn(C(C)C(=O)N2CCN(Cc3ccc(Cl)cc3)CC2)cc1Cl. The van der Waals surface area contributed by atoms with Crippen molar-refractivity contribution in [3.8, 4) is 0 Å². The van der Waals surface area contributed by atoms with Crippen molar-refractivity contribution in [2.45, 2.75) is 26.4 Å². The van der Waals surface area contributed by atoms with E-state index in [1.54, 1.807) is 10.9 Å². The highest BCUT2D eigenvalue weighted by Crippen LogP contribution is 2.19. The van der Waals surface area contributed by atoms with Gasteiger partial charge in [-0.25, -0.2) is 0 Å². The maximum Gasteiger partial charge on any atom is 0.247 e. The summed E-state index contributed by atoms with van der Waals surface area (Å²) < 4.78 is 1.65. The maximum atomic E-state index is 12.7. The number of nitrogens with zero attached hydrogens (tertiary/aromatic N) is 4. The summed E-state index contributed by atoms with van der Waals surface area (Å²) >= 11 is 12.0. The smallest absolute Gasteiger partial charge is 0.247 e. The number of piperazine rings is 1. The van der Waals surface area contributed by atoms with Crippen LogP contribution in [0.3, 0.4) is 0 Å². The van der Waals surface area contributed by atoms with E-state index in [4.69, 9.17) is 23.2 Å². The highest BCUT2D eigenvalue weighted by Gasteiger charge is 2.26. The van der Waals surface area contributed by atoms with Crippen LogP contribution in [0.25, 0.3) is 0 Å². The molecule has 25 heavy (non-hydrogen) atoms. The summed E-state index contributed by atoms with van der Waals surface area (Å²) in [5, 5.41) is 5.66. The predicted octanol–water partition coefficient (Wildman–Crippen LogP) is 3.40. The Morgan fingerprint density at radius 1 is 1.16 bits per heavy atom. The van der Waals surface area contributed by atoms with Crippen molar-refractivity contribution in [3.63, 3.8) is 0 Å². The molecule has 1 atom stereocenters. The molecule has 1 unspecified atom stereocenters. The van der Waals surface area contributed by atoms with E-state index in [0.29, 0.717) is 5.02 Å². The quantitative estimate of drug-likeness (QED) is 0.815. The summed E-state index contributed by atoms with van der Waals surface area (Å²) in [4.78, 5) is 17.0. The van der Waals surface area contributed by atoms with Gasteiger partial charge in [0.05, 0.1) is 10.7 Å². The molecule has 1 amide bonds. The van der Waals surface area contributed by atoms with Crippen LogP contribution < -0.4 is 0 Å². The third-order valence-corrected chi connectivity index (χ3v) is 5.24. The molecule has 1 fully saturated rings. The van der Waals surface area contributed by atoms with Crippen molar-refractivity contribution >= 4 is 29.1 Å². The minimum absolute atomic E-state index is 0.0882. The lowest BCUT2D eigenvalue weighted by atomic mass is 10.2. The van der Waals surface area contributed by atoms with E-state index in [-0.39, 0.29) is 11.9 Å². The van der Waals surface area contributed by atoms with Gasteiger partial charge in [0.15, 0.2) is 0 Å². The van der Waals surface area contributed by atoms with Gasteiger partial charge in [0.1, 0.15) is 6.04 Å². The summed E-state index contributed by atoms with van der Waals surface area (Å²) in [7, 11) is 0. The number of amides is 1. The number of hydrogen-bond donors (Lipinski definition) is 0. The van der Waals surface area contributed by atoms with Crippen molar-refractivity contribution in [1.29, 1.82) is 0 Å². The summed E-state index contributed by atoms with van der Waals surface area (Å²) in [5.74, 6) is 0.0882. The molecular formula is C18H22Cl2N4O. The van der Waals surface area contributed by atoms with Crippen molar-refractivity contribution in [1.82, 2.24) is 19.6 Å². The second-order valence-corrected chi connectivity index (χ2v) is 7.29. The van der Waals surface area contributed by atoms with Crippen LogP contribution in [-0.4, -0.2) is 51.7 Å². The van der Waals surface area contributed by atoms with Gasteiger partial charge in [-0.2, -0.15) is 5.10 Å². The van der Waals surface area contributed by atoms with Gasteiger partial charge >= 0.3 is 0 Å². The lowest BCUT2D eigenvalue weighted by Crippen LogP contribution is -2.49. The molecule has 0 radical (unpaired) electrons. The number of aryl methyl sites for hydroxylation is 1. The standard InChI is InChI=1S/C18H22Cl2N4O/c1-13-17(20)12-24(21-13)14(2)18(25)23-9-7-22(8-10-23)11-15-3-5-16(19)6-4-15/h3-6,12,14H,7-11H2,1-2H3. The highest BCUT2D eigenvalue weighted by molar-refractivity contribution is 6.31. The van der Waals surface area contributed by atoms with Crippen molar-refractivity contribution in [2.24, 2.45) is 0 Å². The fourth-order valence-corrected chi connectivity index (χ4v) is 3.27. The molecule has 2 aromatic rings. The molecular weight excluding hydrogens is 359 g/mol. The largest absolute Gasteiger partial charge is 0.338 e. The van der Waals surface area contributed by atoms with Crippen molar-refractivity contribution in [2.75, 3.05) is 26.2 Å². The van der Waals surface area contributed by atoms with Crippen LogP contribution >= 0.6 is 23.2 Å². The van der Waals surface area contributed by atoms with Gasteiger partial charge in [-0.3, -0.25) is 14.4 Å². The van der Waals surface area contributed by atoms with E-state index in [0.717, 1.165) is 43.4 Å². The Morgan fingerprint density at radius 3 is 2.36 bits per heavy atom. The van der Waals surface area contributed by atoms with Gasteiger partial charge < -0.3 is 4.90 Å². The number of halogens is 2. The summed E-state index contributed by atoms with van der Waals surface area (Å²) in [6, 6.07) is 7.58. The molecule has 0 N–H and O–H groups in total. The molecule has 7 heteroatoms. The van der Waals surface area contributed by atoms with Crippen molar-refractivity contribution < 1.29 is 4.79 Å². The first-order valence-corrected chi connectivity index (χ1v) is 9.16. The average Bonchev–Trinajstić information content (AvgIpc) is 2.95. The monoisotopic (exact) mass is 380 g/mol. The molecule has 1 aromatic heterocycles. The zero-order valence-corrected chi connectivity index (χ0v) is 16.0. The van der Waals surface area contributed by atoms with Crippen LogP contribution in [0.15, 0.2) is 30.5 Å². The molecule has 134 valence electrons. The number of benzene rings is 1. The second-order valence-electron chi connectivity index (χ2n) is 6.45. The predicted molar refractivity (Wildman–Crippen MR) is 100.0 cm³/mol. The van der Waals surface area contributed by atoms with E-state index < -0.39 is 0 Å². The molecule has 5 nitrogen and oxygen atoms in total. The molecule has 0 aliphatic carbocycles. The molecule has 1 aliphatic rings. The fraction of sp³-hybridized carbons (Fsp3) is 0.444. The molecule has 1 saturated heterocycles. The van der Waals surface area contributed by atoms with Gasteiger partial charge in [0.2, 0.25) is 5.91 Å². The third kappa shape index (κ3) is 4.35. The number of hydrogen-bond acceptors (Lipinski definition) is 3. The first-order valence-electron chi connectivity index (χ1n) is 8.41. The highest BCUT2D eigenvalue weighted by atomic mass is 35.5. The van der Waals surface area contributed by atoms with Crippen LogP contribution in [-0.2, 0) is 11.3 Å². The Labute approximate surface area is 158 Å². The van der Waals surface area contributed by atoms with E-state index in [1.807, 2.05) is 43.0 Å². The minimum atomic E-state index is -0.339. The molecule has 0 saturated carbocycles. The van der Waals surface area contributed by atoms with E-state index in [2.05, 4.69) is 10.00 Å². The van der Waals surface area contributed by atoms with Crippen LogP contribution in [0, 0.1) is 6.92 Å². The average molecular weight is 381 g/mol. The Balaban J connectivity index is 1.54. The van der Waals surface area contributed by atoms with Gasteiger partial charge in [0, 0.05) is 43.9 Å². The Morgan fingerprint density at radius 2 is 1.80 bits per heavy atom. The fourth-order valence-electron chi connectivity index (χ4n) is 3.01. The Bertz CT molecular complexity index is 717. The van der Waals surface area contributed by atoms with E-state index in [1.165, 1.54) is 5.56 Å². The van der Waals surface area contributed by atoms with Crippen LogP contribution in [0.1, 0.15) is 24.2 Å². The minimum Gasteiger partial charge on any atom is -0.338 e. The van der Waals surface area contributed by atoms with Gasteiger partial charge in [0.25, 0.3) is 0 Å². The number of carbonyl (C=O) groups is 1. The molecule has 2 heterocycles. The zero-order chi connectivity index (χ0) is 18.0. The molecule has 3 rings (SSSR count). The molecule has 0 bridgehead atoms. The third-order valence-electron chi connectivity index (χ3n) is 4.61. The van der Waals surface area contributed by atoms with Crippen LogP contribution in [0.4, 0.5) is 0 Å². The Hall–Kier alpha value is -1.56.